The minimum Gasteiger partial charge on any atom is -0.481 e. The van der Waals surface area contributed by atoms with Crippen LogP contribution < -0.4 is 5.84 Å². The SMILES string of the molecule is CC(C)(C)OC(=O)N(N)C(CC(=O)O)C(=O)O. The molecule has 1 amide bonds. The second-order valence-corrected chi connectivity index (χ2v) is 4.34. The fourth-order valence-corrected chi connectivity index (χ4v) is 0.912. The Bertz CT molecular complexity index is 322. The summed E-state index contributed by atoms with van der Waals surface area (Å²) in [5, 5.41) is 17.5. The van der Waals surface area contributed by atoms with E-state index < -0.39 is 36.1 Å². The highest BCUT2D eigenvalue weighted by Gasteiger charge is 2.32. The van der Waals surface area contributed by atoms with Crippen LogP contribution >= 0.6 is 0 Å². The maximum absolute atomic E-state index is 11.4. The van der Waals surface area contributed by atoms with E-state index >= 15 is 0 Å². The normalized spacial score (nSPS) is 12.7. The molecule has 0 bridgehead atoms. The molecule has 0 aliphatic heterocycles. The molecule has 0 heterocycles. The number of carbonyl (C=O) groups is 3. The summed E-state index contributed by atoms with van der Waals surface area (Å²) in [7, 11) is 0. The highest BCUT2D eigenvalue weighted by Crippen LogP contribution is 2.11. The number of nitrogens with zero attached hydrogens (tertiary/aromatic N) is 1. The summed E-state index contributed by atoms with van der Waals surface area (Å²) in [6.45, 7) is 4.73. The number of hydrazine groups is 1. The van der Waals surface area contributed by atoms with Crippen molar-refractivity contribution in [1.82, 2.24) is 5.01 Å². The van der Waals surface area contributed by atoms with E-state index in [0.717, 1.165) is 0 Å². The summed E-state index contributed by atoms with van der Waals surface area (Å²) in [6.07, 6.45) is -1.89. The van der Waals surface area contributed by atoms with Crippen molar-refractivity contribution in [3.63, 3.8) is 0 Å². The number of rotatable bonds is 4. The lowest BCUT2D eigenvalue weighted by Gasteiger charge is -2.27. The van der Waals surface area contributed by atoms with Gasteiger partial charge in [-0.3, -0.25) is 4.79 Å². The van der Waals surface area contributed by atoms with Gasteiger partial charge in [0.15, 0.2) is 6.04 Å². The Hall–Kier alpha value is -1.83. The van der Waals surface area contributed by atoms with Crippen LogP contribution in [0.5, 0.6) is 0 Å². The molecule has 4 N–H and O–H groups in total. The highest BCUT2D eigenvalue weighted by atomic mass is 16.6. The van der Waals surface area contributed by atoms with Gasteiger partial charge in [-0.25, -0.2) is 20.4 Å². The van der Waals surface area contributed by atoms with Gasteiger partial charge in [0.05, 0.1) is 6.42 Å². The Balaban J connectivity index is 4.72. The van der Waals surface area contributed by atoms with Crippen LogP contribution in [-0.2, 0) is 14.3 Å². The van der Waals surface area contributed by atoms with Gasteiger partial charge in [0.2, 0.25) is 0 Å². The second-order valence-electron chi connectivity index (χ2n) is 4.34. The van der Waals surface area contributed by atoms with Crippen molar-refractivity contribution in [2.45, 2.75) is 38.8 Å². The molecular weight excluding hydrogens is 232 g/mol. The third-order valence-electron chi connectivity index (χ3n) is 1.59. The summed E-state index contributed by atoms with van der Waals surface area (Å²) >= 11 is 0. The minimum absolute atomic E-state index is 0.266. The first-order chi connectivity index (χ1) is 7.54. The van der Waals surface area contributed by atoms with Gasteiger partial charge in [0.1, 0.15) is 5.60 Å². The van der Waals surface area contributed by atoms with Crippen LogP contribution in [-0.4, -0.2) is 44.9 Å². The molecule has 0 aromatic carbocycles. The zero-order valence-corrected chi connectivity index (χ0v) is 9.84. The van der Waals surface area contributed by atoms with Gasteiger partial charge in [0, 0.05) is 0 Å². The quantitative estimate of drug-likeness (QED) is 0.363. The van der Waals surface area contributed by atoms with E-state index in [-0.39, 0.29) is 5.01 Å². The van der Waals surface area contributed by atoms with E-state index in [1.165, 1.54) is 0 Å². The van der Waals surface area contributed by atoms with E-state index in [9.17, 15) is 14.4 Å². The molecule has 0 aromatic heterocycles. The lowest BCUT2D eigenvalue weighted by molar-refractivity contribution is -0.149. The van der Waals surface area contributed by atoms with Crippen LogP contribution in [0.15, 0.2) is 0 Å². The van der Waals surface area contributed by atoms with Crippen molar-refractivity contribution in [2.24, 2.45) is 5.84 Å². The molecule has 0 saturated carbocycles. The average molecular weight is 248 g/mol. The molecule has 0 saturated heterocycles. The zero-order valence-electron chi connectivity index (χ0n) is 9.84. The number of carbonyl (C=O) groups excluding carboxylic acids is 1. The smallest absolute Gasteiger partial charge is 0.425 e. The second kappa shape index (κ2) is 5.48. The van der Waals surface area contributed by atoms with Gasteiger partial charge in [-0.15, -0.1) is 0 Å². The summed E-state index contributed by atoms with van der Waals surface area (Å²) in [4.78, 5) is 32.6. The molecule has 98 valence electrons. The summed E-state index contributed by atoms with van der Waals surface area (Å²) in [6, 6.07) is -1.66. The zero-order chi connectivity index (χ0) is 13.8. The first-order valence-electron chi connectivity index (χ1n) is 4.76. The monoisotopic (exact) mass is 248 g/mol. The molecule has 0 aromatic rings. The molecule has 8 heteroatoms. The first kappa shape index (κ1) is 15.2. The Kier molecular flexibility index (Phi) is 4.89. The Morgan fingerprint density at radius 2 is 1.76 bits per heavy atom. The third kappa shape index (κ3) is 5.71. The van der Waals surface area contributed by atoms with Crippen molar-refractivity contribution in [3.05, 3.63) is 0 Å². The number of carboxylic acid groups (broad SMARTS) is 2. The summed E-state index contributed by atoms with van der Waals surface area (Å²) in [5.74, 6) is 2.34. The van der Waals surface area contributed by atoms with Gasteiger partial charge in [-0.05, 0) is 20.8 Å². The van der Waals surface area contributed by atoms with E-state index in [1.807, 2.05) is 0 Å². The number of carboxylic acids is 2. The maximum atomic E-state index is 11.4. The van der Waals surface area contributed by atoms with E-state index in [2.05, 4.69) is 0 Å². The molecule has 0 fully saturated rings. The van der Waals surface area contributed by atoms with Crippen LogP contribution in [0.2, 0.25) is 0 Å². The summed E-state index contributed by atoms with van der Waals surface area (Å²) in [5.41, 5.74) is -0.846. The predicted octanol–water partition coefficient (Wildman–Crippen LogP) is 0.0251. The van der Waals surface area contributed by atoms with Crippen LogP contribution in [0.25, 0.3) is 0 Å². The predicted molar refractivity (Wildman–Crippen MR) is 55.9 cm³/mol. The highest BCUT2D eigenvalue weighted by molar-refractivity contribution is 5.84. The molecule has 0 spiro atoms. The van der Waals surface area contributed by atoms with Gasteiger partial charge < -0.3 is 14.9 Å². The number of hydrogen-bond donors (Lipinski definition) is 3. The van der Waals surface area contributed by atoms with E-state index in [1.54, 1.807) is 20.8 Å². The van der Waals surface area contributed by atoms with Crippen molar-refractivity contribution < 1.29 is 29.3 Å². The molecule has 8 nitrogen and oxygen atoms in total. The van der Waals surface area contributed by atoms with Gasteiger partial charge in [-0.2, -0.15) is 0 Å². The van der Waals surface area contributed by atoms with Crippen molar-refractivity contribution in [1.29, 1.82) is 0 Å². The van der Waals surface area contributed by atoms with Gasteiger partial charge in [-0.1, -0.05) is 0 Å². The van der Waals surface area contributed by atoms with Gasteiger partial charge in [0.25, 0.3) is 0 Å². The topological polar surface area (TPSA) is 130 Å². The lowest BCUT2D eigenvalue weighted by Crippen LogP contribution is -2.52. The molecule has 1 unspecified atom stereocenters. The fraction of sp³-hybridized carbons (Fsp3) is 0.667. The number of hydrogen-bond acceptors (Lipinski definition) is 5. The number of ether oxygens (including phenoxy) is 1. The number of amides is 1. The Labute approximate surface area is 97.9 Å². The third-order valence-corrected chi connectivity index (χ3v) is 1.59. The minimum atomic E-state index is -1.66. The first-order valence-corrected chi connectivity index (χ1v) is 4.76. The van der Waals surface area contributed by atoms with Gasteiger partial charge >= 0.3 is 18.0 Å². The van der Waals surface area contributed by atoms with Crippen LogP contribution in [0.1, 0.15) is 27.2 Å². The largest absolute Gasteiger partial charge is 0.481 e. The molecule has 0 aliphatic rings. The Morgan fingerprint density at radius 1 is 1.29 bits per heavy atom. The standard InChI is InChI=1S/C9H16N2O6/c1-9(2,3)17-8(16)11(10)5(7(14)15)4-6(12)13/h5H,4,10H2,1-3H3,(H,12,13)(H,14,15). The van der Waals surface area contributed by atoms with Crippen molar-refractivity contribution in [2.75, 3.05) is 0 Å². The van der Waals surface area contributed by atoms with Crippen molar-refractivity contribution >= 4 is 18.0 Å². The molecule has 0 radical (unpaired) electrons. The number of nitrogens with two attached hydrogens (primary N) is 1. The molecule has 0 rings (SSSR count). The number of aliphatic carboxylic acids is 2. The van der Waals surface area contributed by atoms with E-state index in [0.29, 0.717) is 0 Å². The maximum Gasteiger partial charge on any atom is 0.425 e. The summed E-state index contributed by atoms with van der Waals surface area (Å²) < 4.78 is 4.82. The Morgan fingerprint density at radius 3 is 2.06 bits per heavy atom. The average Bonchev–Trinajstić information content (AvgIpc) is 2.09. The fourth-order valence-electron chi connectivity index (χ4n) is 0.912. The van der Waals surface area contributed by atoms with Crippen molar-refractivity contribution in [3.8, 4) is 0 Å². The lowest BCUT2D eigenvalue weighted by atomic mass is 10.2. The van der Waals surface area contributed by atoms with Crippen LogP contribution in [0, 0.1) is 0 Å². The van der Waals surface area contributed by atoms with E-state index in [4.69, 9.17) is 20.8 Å². The van der Waals surface area contributed by atoms with Crippen LogP contribution in [0.3, 0.4) is 0 Å². The molecular formula is C9H16N2O6. The molecule has 17 heavy (non-hydrogen) atoms. The van der Waals surface area contributed by atoms with Crippen LogP contribution in [0.4, 0.5) is 4.79 Å². The molecule has 0 aliphatic carbocycles. The molecule has 1 atom stereocenters.